The summed E-state index contributed by atoms with van der Waals surface area (Å²) >= 11 is 0. The summed E-state index contributed by atoms with van der Waals surface area (Å²) in [4.78, 5) is 4.06. The number of pyridine rings is 1. The fraction of sp³-hybridized carbons (Fsp3) is 0.222. The van der Waals surface area contributed by atoms with Gasteiger partial charge in [-0.15, -0.1) is 0 Å². The molecule has 4 heteroatoms. The van der Waals surface area contributed by atoms with Crippen molar-refractivity contribution in [3.63, 3.8) is 0 Å². The first-order valence-corrected chi connectivity index (χ1v) is 4.16. The van der Waals surface area contributed by atoms with Crippen LogP contribution in [-0.4, -0.2) is 11.5 Å². The molecule has 4 nitrogen and oxygen atoms in total. The van der Waals surface area contributed by atoms with Crippen molar-refractivity contribution in [3.05, 3.63) is 30.0 Å². The fourth-order valence-electron chi connectivity index (χ4n) is 0.905. The van der Waals surface area contributed by atoms with Crippen molar-refractivity contribution in [3.8, 4) is 0 Å². The lowest BCUT2D eigenvalue weighted by Crippen LogP contribution is -2.07. The molecule has 1 rings (SSSR count). The van der Waals surface area contributed by atoms with E-state index in [1.54, 1.807) is 6.20 Å². The van der Waals surface area contributed by atoms with Crippen molar-refractivity contribution in [1.29, 1.82) is 0 Å². The number of anilines is 1. The van der Waals surface area contributed by atoms with E-state index in [2.05, 4.69) is 10.4 Å². The van der Waals surface area contributed by atoms with Crippen LogP contribution in [0.15, 0.2) is 24.4 Å². The van der Waals surface area contributed by atoms with E-state index in [9.17, 15) is 0 Å². The summed E-state index contributed by atoms with van der Waals surface area (Å²) in [7, 11) is 0. The van der Waals surface area contributed by atoms with E-state index in [1.807, 2.05) is 24.3 Å². The molecule has 0 atom stereocenters. The second kappa shape index (κ2) is 5.29. The van der Waals surface area contributed by atoms with Crippen LogP contribution in [0.5, 0.6) is 0 Å². The standard InChI is InChI=1S/C9H14N4/c10-6-2-1-3-8-4-5-9(13-11)12-7-8/h1,3-5,7H,2,6,10-11H2,(H,12,13). The number of nitrogens with zero attached hydrogens (tertiary/aromatic N) is 1. The highest BCUT2D eigenvalue weighted by Crippen LogP contribution is 2.05. The van der Waals surface area contributed by atoms with Crippen molar-refractivity contribution < 1.29 is 0 Å². The molecular formula is C9H14N4. The van der Waals surface area contributed by atoms with E-state index in [0.29, 0.717) is 12.4 Å². The number of aromatic nitrogens is 1. The molecular weight excluding hydrogens is 164 g/mol. The van der Waals surface area contributed by atoms with Gasteiger partial charge in [0.05, 0.1) is 0 Å². The summed E-state index contributed by atoms with van der Waals surface area (Å²) < 4.78 is 0. The Kier molecular flexibility index (Phi) is 3.95. The van der Waals surface area contributed by atoms with E-state index in [0.717, 1.165) is 12.0 Å². The average molecular weight is 178 g/mol. The van der Waals surface area contributed by atoms with Gasteiger partial charge in [0.1, 0.15) is 5.82 Å². The van der Waals surface area contributed by atoms with Crippen molar-refractivity contribution in [2.24, 2.45) is 11.6 Å². The van der Waals surface area contributed by atoms with E-state index < -0.39 is 0 Å². The Morgan fingerprint density at radius 3 is 2.85 bits per heavy atom. The molecule has 0 aromatic carbocycles. The first-order chi connectivity index (χ1) is 6.36. The molecule has 1 heterocycles. The van der Waals surface area contributed by atoms with Gasteiger partial charge < -0.3 is 11.2 Å². The molecule has 0 unspecified atom stereocenters. The zero-order valence-corrected chi connectivity index (χ0v) is 7.40. The Morgan fingerprint density at radius 2 is 2.31 bits per heavy atom. The van der Waals surface area contributed by atoms with Gasteiger partial charge in [0.15, 0.2) is 0 Å². The summed E-state index contributed by atoms with van der Waals surface area (Å²) in [5.74, 6) is 5.84. The molecule has 0 aliphatic rings. The highest BCUT2D eigenvalue weighted by atomic mass is 15.2. The van der Waals surface area contributed by atoms with Crippen molar-refractivity contribution >= 4 is 11.9 Å². The van der Waals surface area contributed by atoms with E-state index in [1.165, 1.54) is 0 Å². The smallest absolute Gasteiger partial charge is 0.139 e. The number of hydrogen-bond donors (Lipinski definition) is 3. The Morgan fingerprint density at radius 1 is 1.46 bits per heavy atom. The summed E-state index contributed by atoms with van der Waals surface area (Å²) in [6.45, 7) is 0.673. The largest absolute Gasteiger partial charge is 0.330 e. The third-order valence-electron chi connectivity index (χ3n) is 1.58. The Balaban J connectivity index is 2.58. The van der Waals surface area contributed by atoms with Crippen LogP contribution in [-0.2, 0) is 0 Å². The average Bonchev–Trinajstić information content (AvgIpc) is 2.19. The lowest BCUT2D eigenvalue weighted by atomic mass is 10.2. The summed E-state index contributed by atoms with van der Waals surface area (Å²) in [6.07, 6.45) is 6.64. The topological polar surface area (TPSA) is 77.0 Å². The number of rotatable bonds is 4. The molecule has 5 N–H and O–H groups in total. The molecule has 0 aliphatic carbocycles. The maximum Gasteiger partial charge on any atom is 0.139 e. The molecule has 0 radical (unpaired) electrons. The Hall–Kier alpha value is -1.39. The van der Waals surface area contributed by atoms with Crippen LogP contribution in [0.1, 0.15) is 12.0 Å². The van der Waals surface area contributed by atoms with Crippen LogP contribution >= 0.6 is 0 Å². The monoisotopic (exact) mass is 178 g/mol. The zero-order valence-electron chi connectivity index (χ0n) is 7.40. The Labute approximate surface area is 77.6 Å². The van der Waals surface area contributed by atoms with E-state index in [-0.39, 0.29) is 0 Å². The number of nitrogens with two attached hydrogens (primary N) is 2. The van der Waals surface area contributed by atoms with Crippen LogP contribution in [0.2, 0.25) is 0 Å². The molecule has 70 valence electrons. The van der Waals surface area contributed by atoms with Gasteiger partial charge in [0.2, 0.25) is 0 Å². The molecule has 0 bridgehead atoms. The molecule has 0 amide bonds. The first-order valence-electron chi connectivity index (χ1n) is 4.16. The highest BCUT2D eigenvalue weighted by Gasteiger charge is 1.89. The lowest BCUT2D eigenvalue weighted by molar-refractivity contribution is 1.01. The van der Waals surface area contributed by atoms with Gasteiger partial charge in [-0.05, 0) is 30.7 Å². The Bertz CT molecular complexity index is 265. The molecule has 0 spiro atoms. The van der Waals surface area contributed by atoms with E-state index >= 15 is 0 Å². The van der Waals surface area contributed by atoms with Crippen molar-refractivity contribution in [1.82, 2.24) is 4.98 Å². The van der Waals surface area contributed by atoms with Crippen LogP contribution in [0.25, 0.3) is 6.08 Å². The summed E-state index contributed by atoms with van der Waals surface area (Å²) in [5, 5.41) is 0. The van der Waals surface area contributed by atoms with Gasteiger partial charge in [-0.25, -0.2) is 10.8 Å². The minimum Gasteiger partial charge on any atom is -0.330 e. The van der Waals surface area contributed by atoms with Gasteiger partial charge in [-0.1, -0.05) is 12.2 Å². The molecule has 13 heavy (non-hydrogen) atoms. The van der Waals surface area contributed by atoms with Crippen molar-refractivity contribution in [2.45, 2.75) is 6.42 Å². The lowest BCUT2D eigenvalue weighted by Gasteiger charge is -1.97. The molecule has 0 saturated heterocycles. The quantitative estimate of drug-likeness (QED) is 0.469. The molecule has 1 aromatic heterocycles. The second-order valence-corrected chi connectivity index (χ2v) is 2.60. The molecule has 0 fully saturated rings. The predicted octanol–water partition coefficient (Wildman–Crippen LogP) is 0.729. The molecule has 0 saturated carbocycles. The molecule has 0 aliphatic heterocycles. The summed E-state index contributed by atoms with van der Waals surface area (Å²) in [5.41, 5.74) is 8.86. The van der Waals surface area contributed by atoms with Crippen LogP contribution in [0.3, 0.4) is 0 Å². The fourth-order valence-corrected chi connectivity index (χ4v) is 0.905. The zero-order chi connectivity index (χ0) is 9.52. The maximum atomic E-state index is 5.34. The van der Waals surface area contributed by atoms with Crippen molar-refractivity contribution in [2.75, 3.05) is 12.0 Å². The highest BCUT2D eigenvalue weighted by molar-refractivity contribution is 5.50. The van der Waals surface area contributed by atoms with Gasteiger partial charge in [-0.2, -0.15) is 0 Å². The third kappa shape index (κ3) is 3.23. The summed E-state index contributed by atoms with van der Waals surface area (Å²) in [6, 6.07) is 3.76. The minimum absolute atomic E-state index is 0.663. The molecule has 1 aromatic rings. The number of nitrogen functional groups attached to an aromatic ring is 1. The van der Waals surface area contributed by atoms with Gasteiger partial charge in [-0.3, -0.25) is 0 Å². The maximum absolute atomic E-state index is 5.34. The number of hydrogen-bond acceptors (Lipinski definition) is 4. The SMILES string of the molecule is NCCC=Cc1ccc(NN)nc1. The number of nitrogens with one attached hydrogen (secondary N) is 1. The normalized spacial score (nSPS) is 10.6. The third-order valence-corrected chi connectivity index (χ3v) is 1.58. The van der Waals surface area contributed by atoms with Gasteiger partial charge in [0, 0.05) is 6.20 Å². The first kappa shape index (κ1) is 9.70. The van der Waals surface area contributed by atoms with Crippen LogP contribution in [0.4, 0.5) is 5.82 Å². The van der Waals surface area contributed by atoms with Gasteiger partial charge >= 0.3 is 0 Å². The second-order valence-electron chi connectivity index (χ2n) is 2.60. The van der Waals surface area contributed by atoms with Crippen LogP contribution in [0, 0.1) is 0 Å². The van der Waals surface area contributed by atoms with Crippen LogP contribution < -0.4 is 17.0 Å². The predicted molar refractivity (Wildman–Crippen MR) is 54.8 cm³/mol. The minimum atomic E-state index is 0.663. The number of hydrazine groups is 1. The van der Waals surface area contributed by atoms with Gasteiger partial charge in [0.25, 0.3) is 0 Å². The van der Waals surface area contributed by atoms with E-state index in [4.69, 9.17) is 11.6 Å².